The van der Waals surface area contributed by atoms with E-state index in [9.17, 15) is 12.8 Å². The molecule has 1 unspecified atom stereocenters. The van der Waals surface area contributed by atoms with Gasteiger partial charge in [-0.1, -0.05) is 0 Å². The average molecular weight is 460 g/mol. The van der Waals surface area contributed by atoms with Gasteiger partial charge in [-0.15, -0.1) is 0 Å². The van der Waals surface area contributed by atoms with E-state index in [-0.39, 0.29) is 17.4 Å². The van der Waals surface area contributed by atoms with Gasteiger partial charge in [-0.2, -0.15) is 9.49 Å². The minimum atomic E-state index is -3.46. The molecule has 2 atom stereocenters. The Morgan fingerprint density at radius 1 is 1.28 bits per heavy atom. The maximum atomic E-state index is 15.0. The van der Waals surface area contributed by atoms with Crippen LogP contribution in [0.3, 0.4) is 0 Å². The molecule has 1 saturated heterocycles. The Morgan fingerprint density at radius 2 is 2.09 bits per heavy atom. The van der Waals surface area contributed by atoms with Crippen LogP contribution in [-0.4, -0.2) is 70.2 Å². The van der Waals surface area contributed by atoms with Crippen molar-refractivity contribution >= 4 is 37.6 Å². The Balaban J connectivity index is 1.82. The number of nitrogens with zero attached hydrogens (tertiary/aromatic N) is 6. The lowest BCUT2D eigenvalue weighted by molar-refractivity contribution is 0.0987. The topological polar surface area (TPSA) is 119 Å². The second-order valence-electron chi connectivity index (χ2n) is 7.97. The molecule has 1 N–H and O–H groups in total. The molecule has 4 aromatic heterocycles. The number of pyridine rings is 1. The van der Waals surface area contributed by atoms with Crippen LogP contribution in [0.25, 0.3) is 33.3 Å². The van der Waals surface area contributed by atoms with E-state index < -0.39 is 21.2 Å². The molecule has 10 nitrogen and oxygen atoms in total. The summed E-state index contributed by atoms with van der Waals surface area (Å²) in [4.78, 5) is 18.2. The van der Waals surface area contributed by atoms with Crippen LogP contribution in [0.15, 0.2) is 24.7 Å². The summed E-state index contributed by atoms with van der Waals surface area (Å²) in [6.45, 7) is 5.15. The van der Waals surface area contributed by atoms with Crippen molar-refractivity contribution < 1.29 is 17.5 Å². The first-order valence-corrected chi connectivity index (χ1v) is 12.1. The molecule has 0 amide bonds. The molecule has 1 fully saturated rings. The third-order valence-electron chi connectivity index (χ3n) is 5.82. The van der Waals surface area contributed by atoms with E-state index in [2.05, 4.69) is 25.0 Å². The Kier molecular flexibility index (Phi) is 4.86. The summed E-state index contributed by atoms with van der Waals surface area (Å²) in [7, 11) is -3.46. The quantitative estimate of drug-likeness (QED) is 0.462. The number of aromatic amines is 1. The van der Waals surface area contributed by atoms with Gasteiger partial charge in [-0.3, -0.25) is 0 Å². The van der Waals surface area contributed by atoms with Gasteiger partial charge in [0.25, 0.3) is 0 Å². The molecule has 0 bridgehead atoms. The molecular formula is C20H22FN7O3S. The van der Waals surface area contributed by atoms with Crippen LogP contribution in [0.5, 0.6) is 0 Å². The zero-order valence-corrected chi connectivity index (χ0v) is 18.6. The molecule has 4 aromatic rings. The van der Waals surface area contributed by atoms with Gasteiger partial charge < -0.3 is 14.6 Å². The van der Waals surface area contributed by atoms with Crippen LogP contribution in [0.1, 0.15) is 19.2 Å². The second kappa shape index (κ2) is 7.48. The van der Waals surface area contributed by atoms with Crippen molar-refractivity contribution in [2.45, 2.75) is 25.3 Å². The van der Waals surface area contributed by atoms with Gasteiger partial charge in [0.15, 0.2) is 26.7 Å². The van der Waals surface area contributed by atoms with Crippen molar-refractivity contribution in [1.82, 2.24) is 29.7 Å². The molecule has 0 aliphatic carbocycles. The highest BCUT2D eigenvalue weighted by molar-refractivity contribution is 7.90. The lowest BCUT2D eigenvalue weighted by Gasteiger charge is -2.34. The number of nitrogens with one attached hydrogen (secondary N) is 1. The number of ether oxygens (including phenoxy) is 1. The summed E-state index contributed by atoms with van der Waals surface area (Å²) in [6, 6.07) is 1.74. The van der Waals surface area contributed by atoms with Crippen molar-refractivity contribution in [3.8, 4) is 11.4 Å². The first-order valence-electron chi connectivity index (χ1n) is 10.2. The largest absolute Gasteiger partial charge is 0.377 e. The molecule has 12 heteroatoms. The maximum absolute atomic E-state index is 15.0. The SMILES string of the molecule is CC(n1ncc2c(N3CCOC[C@H]3C)nc(-c3c(F)ncc4[nH]ccc34)nc21)S(C)(=O)=O. The zero-order valence-electron chi connectivity index (χ0n) is 17.8. The van der Waals surface area contributed by atoms with Crippen molar-refractivity contribution in [3.63, 3.8) is 0 Å². The van der Waals surface area contributed by atoms with E-state index in [0.717, 1.165) is 6.26 Å². The Labute approximate surface area is 183 Å². The second-order valence-corrected chi connectivity index (χ2v) is 10.3. The average Bonchev–Trinajstić information content (AvgIpc) is 3.39. The highest BCUT2D eigenvalue weighted by Crippen LogP contribution is 2.34. The van der Waals surface area contributed by atoms with Crippen molar-refractivity contribution in [2.75, 3.05) is 30.9 Å². The predicted molar refractivity (Wildman–Crippen MR) is 118 cm³/mol. The van der Waals surface area contributed by atoms with E-state index in [1.54, 1.807) is 18.5 Å². The standard InChI is InChI=1S/C20H22FN7O3S/c1-11-10-31-7-6-27(11)19-14-8-24-28(12(2)32(3,29)30)20(14)26-18(25-19)16-13-4-5-22-15(13)9-23-17(16)21/h4-5,8-9,11-12,22H,6-7,10H2,1-3H3/t11-,12?/m1/s1. The van der Waals surface area contributed by atoms with Crippen molar-refractivity contribution in [3.05, 3.63) is 30.6 Å². The minimum Gasteiger partial charge on any atom is -0.377 e. The Bertz CT molecular complexity index is 1430. The number of fused-ring (bicyclic) bond motifs is 2. The number of anilines is 1. The third kappa shape index (κ3) is 3.30. The summed E-state index contributed by atoms with van der Waals surface area (Å²) in [5, 5.41) is 4.53. The molecular weight excluding hydrogens is 437 g/mol. The van der Waals surface area contributed by atoms with Gasteiger partial charge in [0.2, 0.25) is 5.95 Å². The smallest absolute Gasteiger partial charge is 0.224 e. The van der Waals surface area contributed by atoms with Gasteiger partial charge in [-0.25, -0.2) is 28.1 Å². The first kappa shape index (κ1) is 20.8. The van der Waals surface area contributed by atoms with Crippen molar-refractivity contribution in [2.24, 2.45) is 0 Å². The van der Waals surface area contributed by atoms with Gasteiger partial charge >= 0.3 is 0 Å². The number of hydrogen-bond donors (Lipinski definition) is 1. The highest BCUT2D eigenvalue weighted by Gasteiger charge is 2.28. The van der Waals surface area contributed by atoms with Crippen LogP contribution in [0.2, 0.25) is 0 Å². The summed E-state index contributed by atoms with van der Waals surface area (Å²) >= 11 is 0. The fourth-order valence-electron chi connectivity index (χ4n) is 3.95. The predicted octanol–water partition coefficient (Wildman–Crippen LogP) is 2.30. The minimum absolute atomic E-state index is 0.0106. The van der Waals surface area contributed by atoms with Crippen LogP contribution in [-0.2, 0) is 14.6 Å². The maximum Gasteiger partial charge on any atom is 0.224 e. The van der Waals surface area contributed by atoms with E-state index >= 15 is 0 Å². The number of sulfone groups is 1. The summed E-state index contributed by atoms with van der Waals surface area (Å²) in [6.07, 6.45) is 5.80. The molecule has 1 aliphatic heterocycles. The highest BCUT2D eigenvalue weighted by atomic mass is 32.2. The molecule has 5 rings (SSSR count). The van der Waals surface area contributed by atoms with Crippen molar-refractivity contribution in [1.29, 1.82) is 0 Å². The van der Waals surface area contributed by atoms with E-state index in [1.165, 1.54) is 17.8 Å². The molecule has 168 valence electrons. The summed E-state index contributed by atoms with van der Waals surface area (Å²) in [5.41, 5.74) is 1.10. The number of H-pyrrole nitrogens is 1. The van der Waals surface area contributed by atoms with E-state index in [0.29, 0.717) is 47.5 Å². The van der Waals surface area contributed by atoms with Crippen LogP contribution < -0.4 is 4.90 Å². The van der Waals surface area contributed by atoms with Gasteiger partial charge in [-0.05, 0) is 19.9 Å². The third-order valence-corrected chi connectivity index (χ3v) is 7.26. The molecule has 0 spiro atoms. The molecule has 0 radical (unpaired) electrons. The summed E-state index contributed by atoms with van der Waals surface area (Å²) in [5.74, 6) is -0.0387. The van der Waals surface area contributed by atoms with Crippen LogP contribution in [0.4, 0.5) is 10.2 Å². The van der Waals surface area contributed by atoms with Gasteiger partial charge in [0.1, 0.15) is 5.82 Å². The van der Waals surface area contributed by atoms with E-state index in [1.807, 2.05) is 6.92 Å². The van der Waals surface area contributed by atoms with E-state index in [4.69, 9.17) is 9.72 Å². The number of morpholine rings is 1. The molecule has 0 aromatic carbocycles. The monoisotopic (exact) mass is 459 g/mol. The van der Waals surface area contributed by atoms with Crippen LogP contribution in [0, 0.1) is 5.95 Å². The normalized spacial score (nSPS) is 18.5. The lowest BCUT2D eigenvalue weighted by atomic mass is 10.1. The van der Waals surface area contributed by atoms with Gasteiger partial charge in [0.05, 0.1) is 48.1 Å². The molecule has 5 heterocycles. The molecule has 0 saturated carbocycles. The number of rotatable bonds is 4. The summed E-state index contributed by atoms with van der Waals surface area (Å²) < 4.78 is 46.4. The van der Waals surface area contributed by atoms with Gasteiger partial charge in [0, 0.05) is 24.4 Å². The fourth-order valence-corrected chi connectivity index (χ4v) is 4.46. The lowest BCUT2D eigenvalue weighted by Crippen LogP contribution is -2.44. The molecule has 1 aliphatic rings. The Morgan fingerprint density at radius 3 is 2.84 bits per heavy atom. The molecule has 32 heavy (non-hydrogen) atoms. The van der Waals surface area contributed by atoms with Crippen LogP contribution >= 0.6 is 0 Å². The number of aromatic nitrogens is 6. The first-order chi connectivity index (χ1) is 15.3. The Hall–Kier alpha value is -3.12. The number of halogens is 1. The number of hydrogen-bond acceptors (Lipinski definition) is 8. The fraction of sp³-hybridized carbons (Fsp3) is 0.400. The zero-order chi connectivity index (χ0) is 22.6.